The molecule has 0 bridgehead atoms. The van der Waals surface area contributed by atoms with Gasteiger partial charge in [-0.25, -0.2) is 22.1 Å². The molecule has 1 unspecified atom stereocenters. The summed E-state index contributed by atoms with van der Waals surface area (Å²) in [7, 11) is 0. The summed E-state index contributed by atoms with van der Waals surface area (Å²) in [5.41, 5.74) is 0.733. The van der Waals surface area contributed by atoms with E-state index in [1.165, 1.54) is 6.07 Å². The molecule has 0 radical (unpaired) electrons. The molecule has 2 aromatic rings. The predicted octanol–water partition coefficient (Wildman–Crippen LogP) is 3.41. The molecule has 0 saturated carbocycles. The fourth-order valence-electron chi connectivity index (χ4n) is 3.59. The maximum Gasteiger partial charge on any atom is 0.231 e. The second kappa shape index (κ2) is 8.97. The van der Waals surface area contributed by atoms with E-state index in [1.54, 1.807) is 12.1 Å². The SMILES string of the molecule is O=S(O)NC[C@H]1CCCN[C@H]1Cc1cccc(-c2cc(F)cc(F)c2)c1F. The zero-order valence-electron chi connectivity index (χ0n) is 14.6. The Hall–Kier alpha value is -1.74. The van der Waals surface area contributed by atoms with E-state index in [0.717, 1.165) is 37.6 Å². The van der Waals surface area contributed by atoms with Crippen LogP contribution in [0.4, 0.5) is 13.2 Å². The highest BCUT2D eigenvalue weighted by Crippen LogP contribution is 2.28. The van der Waals surface area contributed by atoms with Crippen LogP contribution in [0.3, 0.4) is 0 Å². The van der Waals surface area contributed by atoms with E-state index in [4.69, 9.17) is 4.55 Å². The van der Waals surface area contributed by atoms with Crippen molar-refractivity contribution in [3.8, 4) is 11.1 Å². The topological polar surface area (TPSA) is 61.4 Å². The van der Waals surface area contributed by atoms with Gasteiger partial charge in [-0.1, -0.05) is 18.2 Å². The van der Waals surface area contributed by atoms with Crippen LogP contribution in [0.1, 0.15) is 18.4 Å². The summed E-state index contributed by atoms with van der Waals surface area (Å²) in [6.07, 6.45) is 2.17. The van der Waals surface area contributed by atoms with Crippen LogP contribution in [-0.2, 0) is 17.7 Å². The Balaban J connectivity index is 1.83. The average Bonchev–Trinajstić information content (AvgIpc) is 2.62. The van der Waals surface area contributed by atoms with Crippen molar-refractivity contribution in [2.24, 2.45) is 5.92 Å². The molecule has 1 aliphatic rings. The second-order valence-electron chi connectivity index (χ2n) is 6.70. The maximum atomic E-state index is 15.0. The summed E-state index contributed by atoms with van der Waals surface area (Å²) >= 11 is -2.09. The Labute approximate surface area is 158 Å². The lowest BCUT2D eigenvalue weighted by Gasteiger charge is -2.33. The highest BCUT2D eigenvalue weighted by atomic mass is 32.2. The van der Waals surface area contributed by atoms with Crippen LogP contribution >= 0.6 is 0 Å². The Morgan fingerprint density at radius 2 is 1.93 bits per heavy atom. The van der Waals surface area contributed by atoms with Gasteiger partial charge in [-0.2, -0.15) is 0 Å². The minimum atomic E-state index is -2.09. The van der Waals surface area contributed by atoms with Crippen molar-refractivity contribution in [1.29, 1.82) is 0 Å². The van der Waals surface area contributed by atoms with Crippen molar-refractivity contribution in [3.63, 3.8) is 0 Å². The van der Waals surface area contributed by atoms with Crippen LogP contribution in [0.15, 0.2) is 36.4 Å². The Morgan fingerprint density at radius 3 is 2.63 bits per heavy atom. The first-order valence-corrected chi connectivity index (χ1v) is 9.86. The van der Waals surface area contributed by atoms with Crippen LogP contribution in [0.2, 0.25) is 0 Å². The third-order valence-corrected chi connectivity index (χ3v) is 5.30. The highest BCUT2D eigenvalue weighted by molar-refractivity contribution is 7.77. The van der Waals surface area contributed by atoms with E-state index in [0.29, 0.717) is 18.5 Å². The van der Waals surface area contributed by atoms with Crippen molar-refractivity contribution in [1.82, 2.24) is 10.0 Å². The molecule has 0 aromatic heterocycles. The molecule has 3 rings (SSSR count). The summed E-state index contributed by atoms with van der Waals surface area (Å²) < 4.78 is 64.3. The fourth-order valence-corrected chi connectivity index (χ4v) is 3.94. The largest absolute Gasteiger partial charge is 0.313 e. The first-order chi connectivity index (χ1) is 12.9. The predicted molar refractivity (Wildman–Crippen MR) is 98.7 cm³/mol. The smallest absolute Gasteiger partial charge is 0.231 e. The van der Waals surface area contributed by atoms with Gasteiger partial charge in [-0.15, -0.1) is 0 Å². The minimum Gasteiger partial charge on any atom is -0.313 e. The van der Waals surface area contributed by atoms with Crippen molar-refractivity contribution in [3.05, 3.63) is 59.4 Å². The van der Waals surface area contributed by atoms with Gasteiger partial charge in [0, 0.05) is 24.2 Å². The van der Waals surface area contributed by atoms with E-state index in [2.05, 4.69) is 10.0 Å². The number of hydrogen-bond acceptors (Lipinski definition) is 2. The summed E-state index contributed by atoms with van der Waals surface area (Å²) in [6, 6.07) is 7.70. The number of hydrogen-bond donors (Lipinski definition) is 3. The number of piperidine rings is 1. The van der Waals surface area contributed by atoms with Crippen LogP contribution in [-0.4, -0.2) is 27.9 Å². The van der Waals surface area contributed by atoms with E-state index < -0.39 is 28.7 Å². The quantitative estimate of drug-likeness (QED) is 0.654. The van der Waals surface area contributed by atoms with Crippen molar-refractivity contribution >= 4 is 11.3 Å². The first kappa shape index (κ1) is 20.0. The van der Waals surface area contributed by atoms with Crippen LogP contribution in [0.25, 0.3) is 11.1 Å². The lowest BCUT2D eigenvalue weighted by atomic mass is 9.86. The van der Waals surface area contributed by atoms with Crippen molar-refractivity contribution < 1.29 is 21.9 Å². The Bertz CT molecular complexity index is 814. The molecule has 2 aromatic carbocycles. The van der Waals surface area contributed by atoms with Gasteiger partial charge in [0.1, 0.15) is 17.5 Å². The minimum absolute atomic E-state index is 0.0659. The molecule has 0 amide bonds. The lowest BCUT2D eigenvalue weighted by molar-refractivity contribution is 0.276. The molecular formula is C19H21F3N2O2S. The lowest BCUT2D eigenvalue weighted by Crippen LogP contribution is -2.46. The van der Waals surface area contributed by atoms with E-state index in [1.807, 2.05) is 0 Å². The maximum absolute atomic E-state index is 15.0. The van der Waals surface area contributed by atoms with Crippen LogP contribution in [0.5, 0.6) is 0 Å². The zero-order valence-corrected chi connectivity index (χ0v) is 15.4. The van der Waals surface area contributed by atoms with Gasteiger partial charge in [0.2, 0.25) is 11.3 Å². The third-order valence-electron chi connectivity index (χ3n) is 4.89. The first-order valence-electron chi connectivity index (χ1n) is 8.75. The van der Waals surface area contributed by atoms with Crippen molar-refractivity contribution in [2.75, 3.05) is 13.1 Å². The van der Waals surface area contributed by atoms with Gasteiger partial charge in [-0.05, 0) is 55.0 Å². The summed E-state index contributed by atoms with van der Waals surface area (Å²) in [6.45, 7) is 1.14. The molecule has 3 atom stereocenters. The number of nitrogens with one attached hydrogen (secondary N) is 2. The summed E-state index contributed by atoms with van der Waals surface area (Å²) in [5, 5.41) is 3.34. The molecule has 8 heteroatoms. The molecule has 1 saturated heterocycles. The fraction of sp³-hybridized carbons (Fsp3) is 0.368. The average molecular weight is 398 g/mol. The van der Waals surface area contributed by atoms with Gasteiger partial charge in [0.25, 0.3) is 0 Å². The summed E-state index contributed by atoms with van der Waals surface area (Å²) in [4.78, 5) is 0. The normalized spacial score (nSPS) is 21.2. The highest BCUT2D eigenvalue weighted by Gasteiger charge is 2.26. The van der Waals surface area contributed by atoms with E-state index in [-0.39, 0.29) is 23.1 Å². The Kier molecular flexibility index (Phi) is 6.64. The van der Waals surface area contributed by atoms with Gasteiger partial charge in [0.05, 0.1) is 0 Å². The molecule has 3 N–H and O–H groups in total. The monoisotopic (exact) mass is 398 g/mol. The molecule has 4 nitrogen and oxygen atoms in total. The second-order valence-corrected chi connectivity index (χ2v) is 7.49. The Morgan fingerprint density at radius 1 is 1.19 bits per heavy atom. The molecule has 27 heavy (non-hydrogen) atoms. The van der Waals surface area contributed by atoms with E-state index >= 15 is 4.39 Å². The van der Waals surface area contributed by atoms with Gasteiger partial charge >= 0.3 is 0 Å². The number of halogens is 3. The van der Waals surface area contributed by atoms with Gasteiger partial charge in [0.15, 0.2) is 0 Å². The van der Waals surface area contributed by atoms with Gasteiger partial charge < -0.3 is 5.32 Å². The molecule has 1 aliphatic heterocycles. The third kappa shape index (κ3) is 5.16. The standard InChI is InChI=1S/C19H21F3N2O2S/c20-15-7-14(8-16(21)10-15)17-5-1-3-12(19(17)22)9-18-13(4-2-6-23-18)11-24-27(25)26/h1,3,5,7-8,10,13,18,23-24H,2,4,6,9,11H2,(H,25,26)/t13-,18+/m1/s1. The molecule has 0 spiro atoms. The number of benzene rings is 2. The van der Waals surface area contributed by atoms with Gasteiger partial charge in [-0.3, -0.25) is 4.55 Å². The van der Waals surface area contributed by atoms with Crippen LogP contribution < -0.4 is 10.0 Å². The molecule has 0 aliphatic carbocycles. The zero-order chi connectivity index (χ0) is 19.4. The number of rotatable bonds is 6. The summed E-state index contributed by atoms with van der Waals surface area (Å²) in [5.74, 6) is -1.95. The molecular weight excluding hydrogens is 377 g/mol. The van der Waals surface area contributed by atoms with Crippen LogP contribution in [0, 0.1) is 23.4 Å². The van der Waals surface area contributed by atoms with Crippen molar-refractivity contribution in [2.45, 2.75) is 25.3 Å². The molecule has 1 heterocycles. The molecule has 1 fully saturated rings. The van der Waals surface area contributed by atoms with E-state index in [9.17, 15) is 13.0 Å². The molecule has 146 valence electrons.